The molecule has 0 aliphatic carbocycles. The van der Waals surface area contributed by atoms with Crippen LogP contribution in [-0.4, -0.2) is 21.1 Å². The number of carbonyl (C=O) groups is 1. The number of rotatable bonds is 5. The highest BCUT2D eigenvalue weighted by Gasteiger charge is 2.15. The van der Waals surface area contributed by atoms with Crippen molar-refractivity contribution in [3.8, 4) is 10.4 Å². The lowest BCUT2D eigenvalue weighted by Gasteiger charge is -2.10. The van der Waals surface area contributed by atoms with E-state index in [1.54, 1.807) is 0 Å². The molecule has 1 amide bonds. The molecule has 0 radical (unpaired) electrons. The molecule has 1 atom stereocenters. The lowest BCUT2D eigenvalue weighted by molar-refractivity contribution is -0.114. The van der Waals surface area contributed by atoms with Gasteiger partial charge in [0.15, 0.2) is 5.13 Å². The predicted octanol–water partition coefficient (Wildman–Crippen LogP) is 3.86. The normalized spacial score (nSPS) is 12.4. The molecule has 0 bridgehead atoms. The maximum Gasteiger partial charge on any atom is 0.223 e. The summed E-state index contributed by atoms with van der Waals surface area (Å²) in [6, 6.07) is 5.82. The number of nitrogens with zero attached hydrogens (tertiary/aromatic N) is 1. The fraction of sp³-hybridized carbons (Fsp3) is 0.333. The van der Waals surface area contributed by atoms with Crippen molar-refractivity contribution in [1.82, 2.24) is 9.71 Å². The Balaban J connectivity index is 2.39. The third kappa shape index (κ3) is 4.69. The van der Waals surface area contributed by atoms with E-state index in [0.717, 1.165) is 20.6 Å². The summed E-state index contributed by atoms with van der Waals surface area (Å²) in [4.78, 5) is 17.2. The molecule has 5 nitrogen and oxygen atoms in total. The van der Waals surface area contributed by atoms with Crippen LogP contribution in [0.4, 0.5) is 5.13 Å². The van der Waals surface area contributed by atoms with Crippen molar-refractivity contribution in [1.29, 1.82) is 0 Å². The van der Waals surface area contributed by atoms with Crippen LogP contribution in [0.3, 0.4) is 0 Å². The maximum atomic E-state index is 12.4. The molecular weight excluding hydrogens is 398 g/mol. The van der Waals surface area contributed by atoms with Gasteiger partial charge >= 0.3 is 0 Å². The summed E-state index contributed by atoms with van der Waals surface area (Å²) in [5, 5.41) is 3.26. The second-order valence-corrected chi connectivity index (χ2v) is 8.37. The van der Waals surface area contributed by atoms with Gasteiger partial charge in [-0.15, -0.1) is 0 Å². The molecule has 0 aliphatic heterocycles. The summed E-state index contributed by atoms with van der Waals surface area (Å²) in [7, 11) is -1.30. The molecule has 0 fully saturated rings. The van der Waals surface area contributed by atoms with E-state index in [1.165, 1.54) is 18.3 Å². The maximum absolute atomic E-state index is 12.4. The zero-order valence-electron chi connectivity index (χ0n) is 13.3. The number of amides is 1. The van der Waals surface area contributed by atoms with E-state index < -0.39 is 11.0 Å². The highest BCUT2D eigenvalue weighted by atomic mass is 79.9. The third-order valence-electron chi connectivity index (χ3n) is 2.82. The molecule has 0 spiro atoms. The van der Waals surface area contributed by atoms with Crippen molar-refractivity contribution < 1.29 is 9.00 Å². The number of carbonyl (C=O) groups excluding carboxylic acids is 1. The van der Waals surface area contributed by atoms with E-state index in [0.29, 0.717) is 10.0 Å². The van der Waals surface area contributed by atoms with Gasteiger partial charge in [-0.3, -0.25) is 4.79 Å². The minimum Gasteiger partial charge on any atom is -0.302 e. The minimum atomic E-state index is -1.30. The van der Waals surface area contributed by atoms with Crippen LogP contribution in [0.25, 0.3) is 10.4 Å². The Bertz CT molecular complexity index is 759. The zero-order chi connectivity index (χ0) is 17.1. The Kier molecular flexibility index (Phi) is 6.07. The van der Waals surface area contributed by atoms with Crippen molar-refractivity contribution in [3.63, 3.8) is 0 Å². The van der Waals surface area contributed by atoms with Crippen LogP contribution in [0.2, 0.25) is 0 Å². The van der Waals surface area contributed by atoms with Gasteiger partial charge in [-0.25, -0.2) is 13.9 Å². The molecular formula is C15H18BrN3O2S2. The number of thiazole rings is 1. The third-order valence-corrected chi connectivity index (χ3v) is 6.31. The molecule has 1 unspecified atom stereocenters. The Morgan fingerprint density at radius 1 is 1.39 bits per heavy atom. The first kappa shape index (κ1) is 18.3. The first-order valence-electron chi connectivity index (χ1n) is 7.00. The Morgan fingerprint density at radius 2 is 2.09 bits per heavy atom. The van der Waals surface area contributed by atoms with Crippen molar-refractivity contribution in [2.24, 2.45) is 0 Å². The van der Waals surface area contributed by atoms with Gasteiger partial charge in [0, 0.05) is 17.4 Å². The van der Waals surface area contributed by atoms with Crippen molar-refractivity contribution >= 4 is 49.3 Å². The number of hydrogen-bond acceptors (Lipinski definition) is 4. The number of nitrogens with one attached hydrogen (secondary N) is 2. The molecule has 0 saturated heterocycles. The van der Waals surface area contributed by atoms with Crippen LogP contribution in [0.5, 0.6) is 0 Å². The van der Waals surface area contributed by atoms with Gasteiger partial charge in [0.1, 0.15) is 11.0 Å². The molecule has 0 saturated carbocycles. The number of halogens is 1. The molecule has 8 heteroatoms. The van der Waals surface area contributed by atoms with Crippen LogP contribution >= 0.6 is 27.3 Å². The lowest BCUT2D eigenvalue weighted by atomic mass is 10.2. The Morgan fingerprint density at radius 3 is 2.70 bits per heavy atom. The van der Waals surface area contributed by atoms with Gasteiger partial charge in [0.25, 0.3) is 0 Å². The molecule has 23 heavy (non-hydrogen) atoms. The average Bonchev–Trinajstić information content (AvgIpc) is 2.78. The number of aromatic nitrogens is 1. The second-order valence-electron chi connectivity index (χ2n) is 5.30. The van der Waals surface area contributed by atoms with Crippen LogP contribution in [0, 0.1) is 6.92 Å². The summed E-state index contributed by atoms with van der Waals surface area (Å²) in [6.45, 7) is 7.24. The fourth-order valence-electron chi connectivity index (χ4n) is 1.93. The first-order chi connectivity index (χ1) is 10.8. The monoisotopic (exact) mass is 415 g/mol. The van der Waals surface area contributed by atoms with E-state index >= 15 is 0 Å². The highest BCUT2D eigenvalue weighted by molar-refractivity contribution is 9.10. The van der Waals surface area contributed by atoms with Crippen LogP contribution < -0.4 is 10.0 Å². The molecule has 1 aromatic carbocycles. The average molecular weight is 416 g/mol. The fourth-order valence-corrected chi connectivity index (χ4v) is 4.66. The summed E-state index contributed by atoms with van der Waals surface area (Å²) >= 11 is 4.85. The summed E-state index contributed by atoms with van der Waals surface area (Å²) in [6.07, 6.45) is 0. The lowest BCUT2D eigenvalue weighted by Crippen LogP contribution is -2.25. The quantitative estimate of drug-likeness (QED) is 0.778. The van der Waals surface area contributed by atoms with Gasteiger partial charge in [0.2, 0.25) is 5.91 Å². The van der Waals surface area contributed by atoms with Crippen molar-refractivity contribution in [3.05, 3.63) is 28.4 Å². The smallest absolute Gasteiger partial charge is 0.223 e. The minimum absolute atomic E-state index is 0.114. The topological polar surface area (TPSA) is 71.1 Å². The number of aryl methyl sites for hydroxylation is 1. The largest absolute Gasteiger partial charge is 0.302 e. The first-order valence-corrected chi connectivity index (χ1v) is 9.76. The second kappa shape index (κ2) is 7.65. The number of benzene rings is 1. The van der Waals surface area contributed by atoms with Gasteiger partial charge in [-0.05, 0) is 54.4 Å². The zero-order valence-corrected chi connectivity index (χ0v) is 16.5. The van der Waals surface area contributed by atoms with E-state index in [2.05, 4.69) is 31.0 Å². The molecule has 0 aliphatic rings. The Labute approximate surface area is 150 Å². The van der Waals surface area contributed by atoms with Crippen LogP contribution in [0.15, 0.2) is 27.6 Å². The number of hydrogen-bond donors (Lipinski definition) is 2. The molecule has 1 aromatic heterocycles. The Hall–Kier alpha value is -1.09. The van der Waals surface area contributed by atoms with Gasteiger partial charge < -0.3 is 5.32 Å². The van der Waals surface area contributed by atoms with E-state index in [-0.39, 0.29) is 11.9 Å². The van der Waals surface area contributed by atoms with Crippen LogP contribution in [-0.2, 0) is 15.8 Å². The van der Waals surface area contributed by atoms with Gasteiger partial charge in [0.05, 0.1) is 15.5 Å². The highest BCUT2D eigenvalue weighted by Crippen LogP contribution is 2.35. The molecule has 2 N–H and O–H groups in total. The van der Waals surface area contributed by atoms with Crippen molar-refractivity contribution in [2.75, 3.05) is 5.32 Å². The summed E-state index contributed by atoms with van der Waals surface area (Å²) < 4.78 is 16.2. The molecule has 2 aromatic rings. The van der Waals surface area contributed by atoms with E-state index in [4.69, 9.17) is 0 Å². The standard InChI is InChI=1S/C15H18BrN3O2S2/c1-8(2)19-23(21)13-7-11(5-6-12(13)16)14-9(3)17-15(22-14)18-10(4)20/h5-8,19H,1-4H3,(H,17,18,20). The SMILES string of the molecule is CC(=O)Nc1nc(C)c(-c2ccc(Br)c(S(=O)NC(C)C)c2)s1. The van der Waals surface area contributed by atoms with Crippen LogP contribution in [0.1, 0.15) is 26.5 Å². The summed E-state index contributed by atoms with van der Waals surface area (Å²) in [5.74, 6) is -0.149. The van der Waals surface area contributed by atoms with Gasteiger partial charge in [-0.2, -0.15) is 0 Å². The van der Waals surface area contributed by atoms with E-state index in [1.807, 2.05) is 39.0 Å². The number of anilines is 1. The van der Waals surface area contributed by atoms with E-state index in [9.17, 15) is 9.00 Å². The molecule has 1 heterocycles. The predicted molar refractivity (Wildman–Crippen MR) is 99.0 cm³/mol. The van der Waals surface area contributed by atoms with Gasteiger partial charge in [-0.1, -0.05) is 17.4 Å². The molecule has 2 rings (SSSR count). The van der Waals surface area contributed by atoms with Crippen molar-refractivity contribution in [2.45, 2.75) is 38.6 Å². The summed E-state index contributed by atoms with van der Waals surface area (Å²) in [5.41, 5.74) is 1.75. The molecule has 124 valence electrons.